The molecule has 2 nitrogen and oxygen atoms in total. The largest absolute Gasteiger partial charge is 0.356 e. The van der Waals surface area contributed by atoms with Crippen LogP contribution in [0.1, 0.15) is 13.3 Å². The van der Waals surface area contributed by atoms with Crippen molar-refractivity contribution in [3.63, 3.8) is 0 Å². The average Bonchev–Trinajstić information content (AvgIpc) is 1.98. The van der Waals surface area contributed by atoms with E-state index in [1.165, 1.54) is 0 Å². The lowest BCUT2D eigenvalue weighted by atomic mass is 10.5. The maximum atomic E-state index is 5.26. The molecule has 62 valence electrons. The number of thioether (sulfide) groups is 1. The zero-order valence-corrected chi connectivity index (χ0v) is 7.74. The summed E-state index contributed by atoms with van der Waals surface area (Å²) in [5.74, 6) is 1.10. The maximum absolute atomic E-state index is 5.26. The highest BCUT2D eigenvalue weighted by molar-refractivity contribution is 7.98. The molecule has 0 radical (unpaired) electrons. The Balaban J connectivity index is 3.21. The first-order chi connectivity index (χ1) is 4.85. The van der Waals surface area contributed by atoms with Crippen LogP contribution in [0.25, 0.3) is 0 Å². The molecule has 0 saturated heterocycles. The standard InChI is InChI=1S/C7H16O2S/c1-4-9-7(8-2)5-6-10-3/h7H,4-6H2,1-3H3. The van der Waals surface area contributed by atoms with E-state index in [1.54, 1.807) is 7.11 Å². The average molecular weight is 164 g/mol. The highest BCUT2D eigenvalue weighted by atomic mass is 32.2. The van der Waals surface area contributed by atoms with Crippen LogP contribution >= 0.6 is 11.8 Å². The Labute approximate surface area is 67.3 Å². The van der Waals surface area contributed by atoms with Gasteiger partial charge in [0.25, 0.3) is 0 Å². The molecule has 0 bridgehead atoms. The van der Waals surface area contributed by atoms with Gasteiger partial charge in [-0.15, -0.1) is 0 Å². The van der Waals surface area contributed by atoms with E-state index in [-0.39, 0.29) is 6.29 Å². The smallest absolute Gasteiger partial charge is 0.157 e. The van der Waals surface area contributed by atoms with Gasteiger partial charge in [0, 0.05) is 20.1 Å². The van der Waals surface area contributed by atoms with E-state index in [1.807, 2.05) is 18.7 Å². The molecular formula is C7H16O2S. The van der Waals surface area contributed by atoms with E-state index in [9.17, 15) is 0 Å². The predicted molar refractivity (Wildman–Crippen MR) is 45.4 cm³/mol. The SMILES string of the molecule is CCOC(CCSC)OC. The molecule has 3 heteroatoms. The van der Waals surface area contributed by atoms with E-state index in [0.717, 1.165) is 18.8 Å². The lowest BCUT2D eigenvalue weighted by Crippen LogP contribution is -2.15. The van der Waals surface area contributed by atoms with E-state index >= 15 is 0 Å². The molecule has 0 saturated carbocycles. The monoisotopic (exact) mass is 164 g/mol. The van der Waals surface area contributed by atoms with Gasteiger partial charge in [0.05, 0.1) is 0 Å². The number of hydrogen-bond acceptors (Lipinski definition) is 3. The van der Waals surface area contributed by atoms with Crippen LogP contribution in [0.2, 0.25) is 0 Å². The number of hydrogen-bond donors (Lipinski definition) is 0. The van der Waals surface area contributed by atoms with Crippen molar-refractivity contribution in [3.05, 3.63) is 0 Å². The van der Waals surface area contributed by atoms with Gasteiger partial charge in [0.2, 0.25) is 0 Å². The number of ether oxygens (including phenoxy) is 2. The van der Waals surface area contributed by atoms with Gasteiger partial charge in [-0.1, -0.05) is 0 Å². The summed E-state index contributed by atoms with van der Waals surface area (Å²) in [5, 5.41) is 0. The van der Waals surface area contributed by atoms with Gasteiger partial charge in [0.1, 0.15) is 0 Å². The molecule has 1 atom stereocenters. The molecule has 0 spiro atoms. The molecule has 0 rings (SSSR count). The summed E-state index contributed by atoms with van der Waals surface area (Å²) in [6.45, 7) is 2.71. The third-order valence-corrected chi connectivity index (χ3v) is 1.82. The maximum Gasteiger partial charge on any atom is 0.157 e. The third kappa shape index (κ3) is 5.09. The van der Waals surface area contributed by atoms with Crippen molar-refractivity contribution in [3.8, 4) is 0 Å². The van der Waals surface area contributed by atoms with E-state index < -0.39 is 0 Å². The molecule has 1 unspecified atom stereocenters. The lowest BCUT2D eigenvalue weighted by molar-refractivity contribution is -0.120. The summed E-state index contributed by atoms with van der Waals surface area (Å²) in [6.07, 6.45) is 3.06. The Bertz CT molecular complexity index is 68.6. The van der Waals surface area contributed by atoms with Crippen LogP contribution in [-0.4, -0.2) is 32.0 Å². The second-order valence-corrected chi connectivity index (χ2v) is 2.89. The minimum Gasteiger partial charge on any atom is -0.356 e. The zero-order chi connectivity index (χ0) is 7.82. The van der Waals surface area contributed by atoms with Crippen molar-refractivity contribution >= 4 is 11.8 Å². The zero-order valence-electron chi connectivity index (χ0n) is 6.92. The van der Waals surface area contributed by atoms with Crippen LogP contribution in [0.15, 0.2) is 0 Å². The Morgan fingerprint density at radius 2 is 2.20 bits per heavy atom. The first-order valence-corrected chi connectivity index (χ1v) is 4.87. The molecule has 0 aromatic carbocycles. The van der Waals surface area contributed by atoms with Crippen molar-refractivity contribution in [1.29, 1.82) is 0 Å². The van der Waals surface area contributed by atoms with Crippen molar-refractivity contribution in [1.82, 2.24) is 0 Å². The molecule has 0 aliphatic heterocycles. The second-order valence-electron chi connectivity index (χ2n) is 1.90. The van der Waals surface area contributed by atoms with Crippen LogP contribution in [0.5, 0.6) is 0 Å². The lowest BCUT2D eigenvalue weighted by Gasteiger charge is -2.13. The van der Waals surface area contributed by atoms with Crippen LogP contribution < -0.4 is 0 Å². The molecule has 0 aromatic heterocycles. The van der Waals surface area contributed by atoms with Crippen molar-refractivity contribution in [2.75, 3.05) is 25.7 Å². The van der Waals surface area contributed by atoms with Gasteiger partial charge in [-0.2, -0.15) is 11.8 Å². The quantitative estimate of drug-likeness (QED) is 0.557. The summed E-state index contributed by atoms with van der Waals surface area (Å²) in [4.78, 5) is 0. The van der Waals surface area contributed by atoms with Crippen LogP contribution in [-0.2, 0) is 9.47 Å². The van der Waals surface area contributed by atoms with Crippen LogP contribution in [0.4, 0.5) is 0 Å². The minimum atomic E-state index is -0.00236. The van der Waals surface area contributed by atoms with Crippen LogP contribution in [0, 0.1) is 0 Å². The fourth-order valence-electron chi connectivity index (χ4n) is 0.669. The van der Waals surface area contributed by atoms with E-state index in [2.05, 4.69) is 6.26 Å². The fourth-order valence-corrected chi connectivity index (χ4v) is 1.10. The number of rotatable bonds is 6. The van der Waals surface area contributed by atoms with Gasteiger partial charge in [-0.25, -0.2) is 0 Å². The molecular weight excluding hydrogens is 148 g/mol. The summed E-state index contributed by atoms with van der Waals surface area (Å²) in [6, 6.07) is 0. The first kappa shape index (κ1) is 10.3. The van der Waals surface area contributed by atoms with Crippen molar-refractivity contribution < 1.29 is 9.47 Å². The molecule has 0 aliphatic rings. The Hall–Kier alpha value is 0.270. The predicted octanol–water partition coefficient (Wildman–Crippen LogP) is 1.75. The fraction of sp³-hybridized carbons (Fsp3) is 1.00. The Morgan fingerprint density at radius 1 is 1.50 bits per heavy atom. The summed E-state index contributed by atoms with van der Waals surface area (Å²) >= 11 is 1.81. The Morgan fingerprint density at radius 3 is 2.60 bits per heavy atom. The molecule has 0 N–H and O–H groups in total. The molecule has 0 amide bonds. The topological polar surface area (TPSA) is 18.5 Å². The summed E-state index contributed by atoms with van der Waals surface area (Å²) in [7, 11) is 1.68. The molecule has 0 heterocycles. The molecule has 0 aromatic rings. The van der Waals surface area contributed by atoms with Crippen molar-refractivity contribution in [2.24, 2.45) is 0 Å². The van der Waals surface area contributed by atoms with Gasteiger partial charge >= 0.3 is 0 Å². The number of methoxy groups -OCH3 is 1. The minimum absolute atomic E-state index is 0.00236. The highest BCUT2D eigenvalue weighted by Crippen LogP contribution is 2.04. The summed E-state index contributed by atoms with van der Waals surface area (Å²) in [5.41, 5.74) is 0. The van der Waals surface area contributed by atoms with Gasteiger partial charge in [0.15, 0.2) is 6.29 Å². The van der Waals surface area contributed by atoms with Crippen molar-refractivity contribution in [2.45, 2.75) is 19.6 Å². The van der Waals surface area contributed by atoms with Gasteiger partial charge in [-0.05, 0) is 18.9 Å². The Kier molecular flexibility index (Phi) is 7.58. The first-order valence-electron chi connectivity index (χ1n) is 3.48. The summed E-state index contributed by atoms with van der Waals surface area (Å²) < 4.78 is 10.3. The van der Waals surface area contributed by atoms with Gasteiger partial charge in [-0.3, -0.25) is 0 Å². The van der Waals surface area contributed by atoms with E-state index in [4.69, 9.17) is 9.47 Å². The molecule has 0 aliphatic carbocycles. The van der Waals surface area contributed by atoms with E-state index in [0.29, 0.717) is 0 Å². The molecule has 10 heavy (non-hydrogen) atoms. The van der Waals surface area contributed by atoms with Crippen LogP contribution in [0.3, 0.4) is 0 Å². The highest BCUT2D eigenvalue weighted by Gasteiger charge is 2.03. The van der Waals surface area contributed by atoms with Gasteiger partial charge < -0.3 is 9.47 Å². The second kappa shape index (κ2) is 7.38. The molecule has 0 fully saturated rings. The normalized spacial score (nSPS) is 13.5. The third-order valence-electron chi connectivity index (χ3n) is 1.17.